The zero-order valence-electron chi connectivity index (χ0n) is 18.3. The molecule has 1 aromatic carbocycles. The molecule has 0 spiro atoms. The summed E-state index contributed by atoms with van der Waals surface area (Å²) in [4.78, 5) is 36.9. The van der Waals surface area contributed by atoms with Crippen LogP contribution < -0.4 is 16.4 Å². The van der Waals surface area contributed by atoms with E-state index in [1.807, 2.05) is 43.5 Å². The molecule has 0 unspecified atom stereocenters. The van der Waals surface area contributed by atoms with Crippen molar-refractivity contribution in [3.8, 4) is 0 Å². The Balaban J connectivity index is 2.21. The van der Waals surface area contributed by atoms with E-state index in [9.17, 15) is 24.6 Å². The van der Waals surface area contributed by atoms with Crippen molar-refractivity contribution in [1.82, 2.24) is 10.6 Å². The second kappa shape index (κ2) is 12.5. The fourth-order valence-electron chi connectivity index (χ4n) is 4.03. The lowest BCUT2D eigenvalue weighted by Gasteiger charge is -2.25. The number of nitrogens with one attached hydrogen (secondary N) is 2. The van der Waals surface area contributed by atoms with Crippen molar-refractivity contribution >= 4 is 42.2 Å². The van der Waals surface area contributed by atoms with Crippen molar-refractivity contribution < 1.29 is 24.6 Å². The van der Waals surface area contributed by atoms with Crippen LogP contribution in [0.15, 0.2) is 30.3 Å². The molecule has 7 atom stereocenters. The predicted octanol–water partition coefficient (Wildman–Crippen LogP) is 0.852. The topological polar surface area (TPSA) is 142 Å². The summed E-state index contributed by atoms with van der Waals surface area (Å²) in [7, 11) is 0. The first-order valence-electron chi connectivity index (χ1n) is 10.7. The highest BCUT2D eigenvalue weighted by Gasteiger charge is 2.60. The average Bonchev–Trinajstić information content (AvgIpc) is 3.55. The number of carboxylic acids is 1. The molecule has 178 valence electrons. The highest BCUT2D eigenvalue weighted by atomic mass is 32.2. The molecule has 1 aromatic rings. The fourth-order valence-corrected chi connectivity index (χ4v) is 4.67. The SMILES string of the molecule is CC[C@H](NC(=O)[C@@H](N)CS)[C@@H](O)[C@@H]1[C@H](C(=O)N[C@@H](CCSC)C(=O)O)[C@H]1c1ccccc1. The monoisotopic (exact) mass is 483 g/mol. The molecule has 10 heteroatoms. The highest BCUT2D eigenvalue weighted by Crippen LogP contribution is 2.56. The number of aliphatic carboxylic acids is 1. The number of carboxylic acid groups (broad SMARTS) is 1. The van der Waals surface area contributed by atoms with E-state index in [0.29, 0.717) is 18.6 Å². The molecule has 0 heterocycles. The molecule has 0 bridgehead atoms. The molecule has 0 aliphatic heterocycles. The number of thiol groups is 1. The number of aliphatic hydroxyl groups is 1. The van der Waals surface area contributed by atoms with Crippen LogP contribution in [-0.4, -0.2) is 70.0 Å². The number of amides is 2. The van der Waals surface area contributed by atoms with Crippen LogP contribution in [0, 0.1) is 11.8 Å². The van der Waals surface area contributed by atoms with Crippen molar-refractivity contribution in [1.29, 1.82) is 0 Å². The van der Waals surface area contributed by atoms with Crippen LogP contribution in [0.3, 0.4) is 0 Å². The first-order valence-corrected chi connectivity index (χ1v) is 12.7. The van der Waals surface area contributed by atoms with Gasteiger partial charge in [-0.05, 0) is 30.4 Å². The maximum atomic E-state index is 13.1. The molecular weight excluding hydrogens is 450 g/mol. The summed E-state index contributed by atoms with van der Waals surface area (Å²) in [6.07, 6.45) is 1.64. The maximum absolute atomic E-state index is 13.1. The summed E-state index contributed by atoms with van der Waals surface area (Å²) in [5, 5.41) is 26.0. The summed E-state index contributed by atoms with van der Waals surface area (Å²) < 4.78 is 0. The Morgan fingerprint density at radius 2 is 1.88 bits per heavy atom. The molecule has 0 radical (unpaired) electrons. The zero-order valence-corrected chi connectivity index (χ0v) is 20.0. The van der Waals surface area contributed by atoms with E-state index in [0.717, 1.165) is 5.56 Å². The molecule has 1 aliphatic rings. The van der Waals surface area contributed by atoms with Gasteiger partial charge in [-0.15, -0.1) is 0 Å². The molecule has 0 aromatic heterocycles. The second-order valence-electron chi connectivity index (χ2n) is 8.02. The quantitative estimate of drug-likeness (QED) is 0.228. The van der Waals surface area contributed by atoms with Gasteiger partial charge in [-0.2, -0.15) is 24.4 Å². The predicted molar refractivity (Wildman–Crippen MR) is 129 cm³/mol. The van der Waals surface area contributed by atoms with Crippen LogP contribution in [0.5, 0.6) is 0 Å². The van der Waals surface area contributed by atoms with Gasteiger partial charge in [0.15, 0.2) is 0 Å². The Bertz CT molecular complexity index is 782. The lowest BCUT2D eigenvalue weighted by atomic mass is 9.99. The van der Waals surface area contributed by atoms with Gasteiger partial charge in [0.25, 0.3) is 0 Å². The Kier molecular flexibility index (Phi) is 10.3. The summed E-state index contributed by atoms with van der Waals surface area (Å²) >= 11 is 5.54. The van der Waals surface area contributed by atoms with Gasteiger partial charge >= 0.3 is 5.97 Å². The molecule has 32 heavy (non-hydrogen) atoms. The van der Waals surface area contributed by atoms with Crippen LogP contribution >= 0.6 is 24.4 Å². The van der Waals surface area contributed by atoms with E-state index in [2.05, 4.69) is 23.3 Å². The number of thioether (sulfide) groups is 1. The number of nitrogens with two attached hydrogens (primary N) is 1. The van der Waals surface area contributed by atoms with Gasteiger partial charge in [-0.1, -0.05) is 37.3 Å². The molecule has 1 aliphatic carbocycles. The van der Waals surface area contributed by atoms with Crippen LogP contribution in [0.4, 0.5) is 0 Å². The normalized spacial score (nSPS) is 23.5. The summed E-state index contributed by atoms with van der Waals surface area (Å²) in [6.45, 7) is 1.83. The molecule has 6 N–H and O–H groups in total. The van der Waals surface area contributed by atoms with Crippen LogP contribution in [0.2, 0.25) is 0 Å². The van der Waals surface area contributed by atoms with Crippen molar-refractivity contribution in [2.75, 3.05) is 17.8 Å². The Labute approximate surface area is 198 Å². The van der Waals surface area contributed by atoms with Gasteiger partial charge in [0, 0.05) is 17.6 Å². The first kappa shape index (κ1) is 26.5. The fraction of sp³-hybridized carbons (Fsp3) is 0.591. The number of carbonyl (C=O) groups excluding carboxylic acids is 2. The highest BCUT2D eigenvalue weighted by molar-refractivity contribution is 7.98. The zero-order chi connectivity index (χ0) is 23.8. The number of hydrogen-bond donors (Lipinski definition) is 6. The molecule has 2 rings (SSSR count). The minimum atomic E-state index is -1.08. The van der Waals surface area contributed by atoms with Crippen molar-refractivity contribution in [2.24, 2.45) is 17.6 Å². The van der Waals surface area contributed by atoms with Crippen LogP contribution in [-0.2, 0) is 14.4 Å². The largest absolute Gasteiger partial charge is 0.480 e. The van der Waals surface area contributed by atoms with Crippen molar-refractivity contribution in [3.05, 3.63) is 35.9 Å². The van der Waals surface area contributed by atoms with Crippen LogP contribution in [0.1, 0.15) is 31.2 Å². The summed E-state index contributed by atoms with van der Waals surface area (Å²) in [6, 6.07) is 6.98. The number of rotatable bonds is 13. The number of carbonyl (C=O) groups is 3. The van der Waals surface area contributed by atoms with Gasteiger partial charge < -0.3 is 26.6 Å². The number of aliphatic hydroxyl groups excluding tert-OH is 1. The van der Waals surface area contributed by atoms with Gasteiger partial charge in [0.2, 0.25) is 11.8 Å². The smallest absolute Gasteiger partial charge is 0.326 e. The third-order valence-corrected chi connectivity index (χ3v) is 6.93. The molecule has 2 amide bonds. The third kappa shape index (κ3) is 6.63. The molecule has 1 saturated carbocycles. The third-order valence-electron chi connectivity index (χ3n) is 5.90. The van der Waals surface area contributed by atoms with E-state index in [4.69, 9.17) is 5.73 Å². The minimum absolute atomic E-state index is 0.173. The van der Waals surface area contributed by atoms with E-state index in [-0.39, 0.29) is 11.7 Å². The lowest BCUT2D eigenvalue weighted by molar-refractivity contribution is -0.142. The van der Waals surface area contributed by atoms with Gasteiger partial charge in [-0.25, -0.2) is 4.79 Å². The van der Waals surface area contributed by atoms with E-state index in [1.165, 1.54) is 11.8 Å². The van der Waals surface area contributed by atoms with Crippen molar-refractivity contribution in [2.45, 2.75) is 49.9 Å². The van der Waals surface area contributed by atoms with E-state index in [1.54, 1.807) is 0 Å². The van der Waals surface area contributed by atoms with E-state index >= 15 is 0 Å². The van der Waals surface area contributed by atoms with Gasteiger partial charge in [0.1, 0.15) is 6.04 Å². The lowest BCUT2D eigenvalue weighted by Crippen LogP contribution is -2.51. The van der Waals surface area contributed by atoms with Gasteiger partial charge in [0.05, 0.1) is 24.1 Å². The average molecular weight is 484 g/mol. The Morgan fingerprint density at radius 3 is 2.41 bits per heavy atom. The molecule has 8 nitrogen and oxygen atoms in total. The van der Waals surface area contributed by atoms with Crippen LogP contribution in [0.25, 0.3) is 0 Å². The number of benzene rings is 1. The summed E-state index contributed by atoms with van der Waals surface area (Å²) in [5.74, 6) is -2.43. The maximum Gasteiger partial charge on any atom is 0.326 e. The molecule has 0 saturated heterocycles. The minimum Gasteiger partial charge on any atom is -0.480 e. The molecular formula is C22H33N3O5S2. The summed E-state index contributed by atoms with van der Waals surface area (Å²) in [5.41, 5.74) is 6.63. The second-order valence-corrected chi connectivity index (χ2v) is 9.37. The van der Waals surface area contributed by atoms with Gasteiger partial charge in [-0.3, -0.25) is 9.59 Å². The number of hydrogen-bond acceptors (Lipinski definition) is 7. The Hall–Kier alpha value is -1.75. The Morgan fingerprint density at radius 1 is 1.22 bits per heavy atom. The van der Waals surface area contributed by atoms with Crippen molar-refractivity contribution in [3.63, 3.8) is 0 Å². The van der Waals surface area contributed by atoms with E-state index < -0.39 is 53.8 Å². The first-order chi connectivity index (χ1) is 15.3. The molecule has 1 fully saturated rings. The standard InChI is InChI=1S/C22H33N3O5S2/c1-3-14(24-20(27)13(23)11-31)19(26)17-16(12-7-5-4-6-8-12)18(17)21(28)25-15(22(29)30)9-10-32-2/h4-8,13-19,26,31H,3,9-11,23H2,1-2H3,(H,24,27)(H,25,28)(H,29,30)/t13-,14-,15-,16-,17-,18+,19+/m0/s1.